The number of carbonyl (C=O) groups excluding carboxylic acids is 7. The normalized spacial score (nSPS) is 24.6. The van der Waals surface area contributed by atoms with E-state index in [-0.39, 0.29) is 42.0 Å². The number of carbonyl (C=O) groups is 7. The second kappa shape index (κ2) is 17.1. The molecule has 13 heteroatoms. The third-order valence-electron chi connectivity index (χ3n) is 11.0. The number of nitrogens with zero attached hydrogens (tertiary/aromatic N) is 1. The van der Waals surface area contributed by atoms with E-state index in [2.05, 4.69) is 26.6 Å². The highest BCUT2D eigenvalue weighted by molar-refractivity contribution is 6.38. The molecule has 0 aromatic heterocycles. The van der Waals surface area contributed by atoms with Crippen molar-refractivity contribution >= 4 is 41.2 Å². The molecule has 0 bridgehead atoms. The van der Waals surface area contributed by atoms with Gasteiger partial charge in [-0.1, -0.05) is 66.7 Å². The van der Waals surface area contributed by atoms with Crippen LogP contribution in [0.2, 0.25) is 0 Å². The molecule has 50 heavy (non-hydrogen) atoms. The number of Topliss-reactive ketones (excluding diaryl/α,β-unsaturated/α-hetero) is 1. The summed E-state index contributed by atoms with van der Waals surface area (Å²) < 4.78 is 0. The molecular formula is C37H60N6O7. The fraction of sp³-hybridized carbons (Fsp3) is 0.811. The molecule has 4 fully saturated rings. The molecule has 6 amide bonds. The number of nitrogens with one attached hydrogen (secondary N) is 5. The number of likely N-dealkylation sites (tertiary alicyclic amines) is 1. The number of ketones is 1. The van der Waals surface area contributed by atoms with Gasteiger partial charge in [0.2, 0.25) is 35.3 Å². The van der Waals surface area contributed by atoms with Gasteiger partial charge < -0.3 is 31.5 Å². The first kappa shape index (κ1) is 39.3. The predicted octanol–water partition coefficient (Wildman–Crippen LogP) is 2.26. The summed E-state index contributed by atoms with van der Waals surface area (Å²) in [6.45, 7) is 11.1. The average Bonchev–Trinajstić information content (AvgIpc) is 3.64. The van der Waals surface area contributed by atoms with Crippen molar-refractivity contribution in [1.82, 2.24) is 31.5 Å². The maximum absolute atomic E-state index is 14.6. The van der Waals surface area contributed by atoms with E-state index in [0.717, 1.165) is 64.2 Å². The van der Waals surface area contributed by atoms with Gasteiger partial charge in [0, 0.05) is 19.0 Å². The summed E-state index contributed by atoms with van der Waals surface area (Å²) in [5.74, 6) is -3.54. The quantitative estimate of drug-likeness (QED) is 0.162. The molecule has 4 rings (SSSR count). The Kier molecular flexibility index (Phi) is 13.5. The molecule has 1 unspecified atom stereocenters. The second-order valence-corrected chi connectivity index (χ2v) is 16.1. The van der Waals surface area contributed by atoms with Crippen LogP contribution in [-0.2, 0) is 33.6 Å². The molecule has 5 N–H and O–H groups in total. The monoisotopic (exact) mass is 700 g/mol. The molecule has 1 saturated heterocycles. The Labute approximate surface area is 296 Å². The van der Waals surface area contributed by atoms with Crippen LogP contribution in [0, 0.1) is 23.2 Å². The molecule has 0 aromatic rings. The Hall–Kier alpha value is -3.51. The summed E-state index contributed by atoms with van der Waals surface area (Å²) in [5.41, 5.74) is -0.753. The molecule has 13 nitrogen and oxygen atoms in total. The lowest BCUT2D eigenvalue weighted by Crippen LogP contribution is -2.63. The molecule has 280 valence electrons. The molecule has 1 heterocycles. The zero-order chi connectivity index (χ0) is 36.7. The van der Waals surface area contributed by atoms with Crippen molar-refractivity contribution in [3.8, 4) is 0 Å². The molecule has 0 spiro atoms. The van der Waals surface area contributed by atoms with E-state index in [4.69, 9.17) is 0 Å². The zero-order valence-electron chi connectivity index (χ0n) is 30.9. The Morgan fingerprint density at radius 1 is 0.780 bits per heavy atom. The molecule has 7 atom stereocenters. The second-order valence-electron chi connectivity index (χ2n) is 16.1. The lowest BCUT2D eigenvalue weighted by molar-refractivity contribution is -0.146. The zero-order valence-corrected chi connectivity index (χ0v) is 30.9. The summed E-state index contributed by atoms with van der Waals surface area (Å²) in [6, 6.07) is -4.58. The Morgan fingerprint density at radius 2 is 1.46 bits per heavy atom. The first-order valence-electron chi connectivity index (χ1n) is 19.0. The highest BCUT2D eigenvalue weighted by Gasteiger charge is 2.52. The van der Waals surface area contributed by atoms with Crippen molar-refractivity contribution in [2.24, 2.45) is 23.2 Å². The first-order chi connectivity index (χ1) is 23.7. The van der Waals surface area contributed by atoms with E-state index >= 15 is 0 Å². The lowest BCUT2D eigenvalue weighted by atomic mass is 9.82. The van der Waals surface area contributed by atoms with Gasteiger partial charge in [-0.3, -0.25) is 33.6 Å². The molecule has 3 saturated carbocycles. The minimum absolute atomic E-state index is 0.00696. The third kappa shape index (κ3) is 9.84. The summed E-state index contributed by atoms with van der Waals surface area (Å²) >= 11 is 0. The van der Waals surface area contributed by atoms with Crippen molar-refractivity contribution in [3.05, 3.63) is 0 Å². The van der Waals surface area contributed by atoms with Crippen molar-refractivity contribution in [1.29, 1.82) is 0 Å². The standard InChI is InChI=1S/C37H60N6O7/c1-7-13-26(30(45)35(49)39-24-18-19-24)40-34(48)29-25-17-12-16-23(25)20-43(29)36(50)31(37(4,5)6)42-33(47)28(22-14-10-9-11-15-22)41-32(46)21(3)38-27(44)8-2/h21-26,28-29,31H,7-20H2,1-6H3,(H,38,44)(H,39,49)(H,40,48)(H,41,46)(H,42,47)/t21-,23+,25+,26+,28+,29?,31-/m1/s1. The highest BCUT2D eigenvalue weighted by Crippen LogP contribution is 2.43. The van der Waals surface area contributed by atoms with E-state index in [0.29, 0.717) is 19.4 Å². The van der Waals surface area contributed by atoms with Crippen LogP contribution in [-0.4, -0.2) is 88.9 Å². The van der Waals surface area contributed by atoms with Crippen LogP contribution >= 0.6 is 0 Å². The third-order valence-corrected chi connectivity index (χ3v) is 11.0. The summed E-state index contributed by atoms with van der Waals surface area (Å²) in [6.07, 6.45) is 9.71. The topological polar surface area (TPSA) is 183 Å². The van der Waals surface area contributed by atoms with Gasteiger partial charge in [0.05, 0.1) is 6.04 Å². The molecule has 4 aliphatic rings. The maximum atomic E-state index is 14.6. The van der Waals surface area contributed by atoms with Crippen LogP contribution in [0.25, 0.3) is 0 Å². The maximum Gasteiger partial charge on any atom is 0.289 e. The van der Waals surface area contributed by atoms with Crippen molar-refractivity contribution < 1.29 is 33.6 Å². The summed E-state index contributed by atoms with van der Waals surface area (Å²) in [5, 5.41) is 14.1. The van der Waals surface area contributed by atoms with Gasteiger partial charge in [-0.2, -0.15) is 0 Å². The van der Waals surface area contributed by atoms with Crippen LogP contribution in [0.15, 0.2) is 0 Å². The fourth-order valence-electron chi connectivity index (χ4n) is 7.92. The van der Waals surface area contributed by atoms with Crippen LogP contribution in [0.3, 0.4) is 0 Å². The van der Waals surface area contributed by atoms with Crippen LogP contribution in [0.4, 0.5) is 0 Å². The minimum Gasteiger partial charge on any atom is -0.347 e. The van der Waals surface area contributed by atoms with E-state index in [1.807, 2.05) is 27.7 Å². The van der Waals surface area contributed by atoms with Crippen LogP contribution < -0.4 is 26.6 Å². The molecule has 3 aliphatic carbocycles. The van der Waals surface area contributed by atoms with Crippen molar-refractivity contribution in [2.45, 2.75) is 161 Å². The number of rotatable bonds is 15. The lowest BCUT2D eigenvalue weighted by Gasteiger charge is -2.38. The van der Waals surface area contributed by atoms with Crippen LogP contribution in [0.1, 0.15) is 125 Å². The number of hydrogen-bond acceptors (Lipinski definition) is 7. The minimum atomic E-state index is -1.01. The predicted molar refractivity (Wildman–Crippen MR) is 187 cm³/mol. The van der Waals surface area contributed by atoms with E-state index < -0.39 is 65.0 Å². The van der Waals surface area contributed by atoms with Crippen molar-refractivity contribution in [2.75, 3.05) is 6.54 Å². The van der Waals surface area contributed by atoms with Gasteiger partial charge in [0.25, 0.3) is 5.91 Å². The number of hydrogen-bond donors (Lipinski definition) is 5. The smallest absolute Gasteiger partial charge is 0.289 e. The van der Waals surface area contributed by atoms with Gasteiger partial charge in [-0.15, -0.1) is 0 Å². The van der Waals surface area contributed by atoms with Gasteiger partial charge in [0.15, 0.2) is 0 Å². The largest absolute Gasteiger partial charge is 0.347 e. The van der Waals surface area contributed by atoms with Gasteiger partial charge in [-0.25, -0.2) is 0 Å². The van der Waals surface area contributed by atoms with Gasteiger partial charge in [-0.05, 0) is 75.0 Å². The van der Waals surface area contributed by atoms with Gasteiger partial charge in [0.1, 0.15) is 24.2 Å². The SMILES string of the molecule is CCC[C@H](NC(=O)C1[C@H]2CCC[C@H]2CN1C(=O)[C@@H](NC(=O)[C@@H](NC(=O)[C@@H](C)NC(=O)CC)C1CCCCC1)C(C)(C)C)C(=O)C(=O)NC1CC1. The average molecular weight is 701 g/mol. The number of fused-ring (bicyclic) bond motifs is 1. The molecular weight excluding hydrogens is 640 g/mol. The Morgan fingerprint density at radius 3 is 2.06 bits per heavy atom. The van der Waals surface area contributed by atoms with E-state index in [1.54, 1.807) is 18.7 Å². The Balaban J connectivity index is 1.55. The highest BCUT2D eigenvalue weighted by atomic mass is 16.2. The fourth-order valence-corrected chi connectivity index (χ4v) is 7.92. The van der Waals surface area contributed by atoms with E-state index in [1.165, 1.54) is 0 Å². The molecule has 0 aromatic carbocycles. The van der Waals surface area contributed by atoms with Gasteiger partial charge >= 0.3 is 0 Å². The summed E-state index contributed by atoms with van der Waals surface area (Å²) in [4.78, 5) is 95.4. The van der Waals surface area contributed by atoms with E-state index in [9.17, 15) is 33.6 Å². The Bertz CT molecular complexity index is 1290. The van der Waals surface area contributed by atoms with Crippen LogP contribution in [0.5, 0.6) is 0 Å². The first-order valence-corrected chi connectivity index (χ1v) is 19.0. The summed E-state index contributed by atoms with van der Waals surface area (Å²) in [7, 11) is 0. The molecule has 0 radical (unpaired) electrons. The van der Waals surface area contributed by atoms with Crippen molar-refractivity contribution in [3.63, 3.8) is 0 Å². The number of amides is 6. The molecule has 1 aliphatic heterocycles.